The van der Waals surface area contributed by atoms with E-state index in [4.69, 9.17) is 0 Å². The molecule has 0 radical (unpaired) electrons. The SMILES string of the molecule is CNc1ncnc(N(C)Cc2cscn2)c1Br. The maximum atomic E-state index is 4.27. The van der Waals surface area contributed by atoms with Crippen LogP contribution in [0.4, 0.5) is 11.6 Å². The van der Waals surface area contributed by atoms with Gasteiger partial charge in [0.05, 0.1) is 17.7 Å². The lowest BCUT2D eigenvalue weighted by atomic mass is 10.4. The number of aromatic nitrogens is 3. The molecule has 0 spiro atoms. The maximum Gasteiger partial charge on any atom is 0.148 e. The Morgan fingerprint density at radius 3 is 2.88 bits per heavy atom. The van der Waals surface area contributed by atoms with Gasteiger partial charge >= 0.3 is 0 Å². The molecule has 0 aliphatic heterocycles. The molecule has 0 fully saturated rings. The average Bonchev–Trinajstić information content (AvgIpc) is 2.82. The normalized spacial score (nSPS) is 10.3. The third kappa shape index (κ3) is 2.73. The summed E-state index contributed by atoms with van der Waals surface area (Å²) in [5.74, 6) is 1.62. The van der Waals surface area contributed by atoms with Crippen LogP contribution in [0.2, 0.25) is 0 Å². The summed E-state index contributed by atoms with van der Waals surface area (Å²) in [5.41, 5.74) is 2.87. The minimum absolute atomic E-state index is 0.724. The van der Waals surface area contributed by atoms with E-state index >= 15 is 0 Å². The molecule has 0 saturated carbocycles. The second-order valence-electron chi connectivity index (χ2n) is 3.45. The van der Waals surface area contributed by atoms with Gasteiger partial charge in [0.2, 0.25) is 0 Å². The van der Waals surface area contributed by atoms with E-state index in [-0.39, 0.29) is 0 Å². The van der Waals surface area contributed by atoms with Gasteiger partial charge < -0.3 is 10.2 Å². The first kappa shape index (κ1) is 12.3. The van der Waals surface area contributed by atoms with E-state index in [9.17, 15) is 0 Å². The molecule has 2 rings (SSSR count). The smallest absolute Gasteiger partial charge is 0.148 e. The van der Waals surface area contributed by atoms with Gasteiger partial charge in [-0.3, -0.25) is 0 Å². The Balaban J connectivity index is 2.22. The molecule has 0 bridgehead atoms. The summed E-state index contributed by atoms with van der Waals surface area (Å²) >= 11 is 5.09. The van der Waals surface area contributed by atoms with Crippen LogP contribution in [-0.2, 0) is 6.54 Å². The highest BCUT2D eigenvalue weighted by Crippen LogP contribution is 2.29. The van der Waals surface area contributed by atoms with Crippen LogP contribution >= 0.6 is 27.3 Å². The fourth-order valence-electron chi connectivity index (χ4n) is 1.43. The first-order chi connectivity index (χ1) is 8.22. The summed E-state index contributed by atoms with van der Waals surface area (Å²) in [6, 6.07) is 0. The summed E-state index contributed by atoms with van der Waals surface area (Å²) in [4.78, 5) is 14.7. The topological polar surface area (TPSA) is 53.9 Å². The summed E-state index contributed by atoms with van der Waals surface area (Å²) < 4.78 is 0.861. The van der Waals surface area contributed by atoms with Crippen molar-refractivity contribution < 1.29 is 0 Å². The molecule has 1 N–H and O–H groups in total. The number of hydrogen-bond donors (Lipinski definition) is 1. The monoisotopic (exact) mass is 313 g/mol. The highest BCUT2D eigenvalue weighted by atomic mass is 79.9. The lowest BCUT2D eigenvalue weighted by Crippen LogP contribution is -2.19. The Labute approximate surface area is 112 Å². The molecule has 0 aliphatic rings. The summed E-state index contributed by atoms with van der Waals surface area (Å²) in [6.45, 7) is 0.724. The van der Waals surface area contributed by atoms with Crippen molar-refractivity contribution in [3.8, 4) is 0 Å². The fourth-order valence-corrected chi connectivity index (χ4v) is 2.69. The van der Waals surface area contributed by atoms with Gasteiger partial charge in [-0.05, 0) is 15.9 Å². The number of thiazole rings is 1. The Kier molecular flexibility index (Phi) is 3.90. The standard InChI is InChI=1S/C10H12BrN5S/c1-12-9-8(11)10(14-5-13-9)16(2)3-7-4-17-6-15-7/h4-6H,3H2,1-2H3,(H,12,13,14). The molecule has 0 amide bonds. The molecule has 17 heavy (non-hydrogen) atoms. The average molecular weight is 314 g/mol. The van der Waals surface area contributed by atoms with Crippen LogP contribution in [0.3, 0.4) is 0 Å². The fraction of sp³-hybridized carbons (Fsp3) is 0.300. The van der Waals surface area contributed by atoms with E-state index in [1.54, 1.807) is 17.7 Å². The second kappa shape index (κ2) is 5.42. The van der Waals surface area contributed by atoms with E-state index in [1.165, 1.54) is 0 Å². The molecular weight excluding hydrogens is 302 g/mol. The third-order valence-corrected chi connectivity index (χ3v) is 3.62. The number of anilines is 2. The van der Waals surface area contributed by atoms with Crippen LogP contribution in [-0.4, -0.2) is 29.0 Å². The molecule has 90 valence electrons. The zero-order chi connectivity index (χ0) is 12.3. The highest BCUT2D eigenvalue weighted by Gasteiger charge is 2.12. The molecule has 0 saturated heterocycles. The van der Waals surface area contributed by atoms with Crippen molar-refractivity contribution in [1.82, 2.24) is 15.0 Å². The predicted molar refractivity (Wildman–Crippen MR) is 73.5 cm³/mol. The van der Waals surface area contributed by atoms with Crippen molar-refractivity contribution in [3.63, 3.8) is 0 Å². The maximum absolute atomic E-state index is 4.27. The van der Waals surface area contributed by atoms with Gasteiger partial charge in [0.25, 0.3) is 0 Å². The molecule has 2 aromatic rings. The van der Waals surface area contributed by atoms with Crippen molar-refractivity contribution in [3.05, 3.63) is 27.4 Å². The predicted octanol–water partition coefficient (Wildman–Crippen LogP) is 2.37. The number of rotatable bonds is 4. The lowest BCUT2D eigenvalue weighted by Gasteiger charge is -2.19. The van der Waals surface area contributed by atoms with Gasteiger partial charge in [0, 0.05) is 19.5 Å². The molecule has 2 heterocycles. The van der Waals surface area contributed by atoms with Gasteiger partial charge in [-0.2, -0.15) is 0 Å². The Morgan fingerprint density at radius 2 is 2.24 bits per heavy atom. The van der Waals surface area contributed by atoms with Crippen LogP contribution in [0.5, 0.6) is 0 Å². The first-order valence-electron chi connectivity index (χ1n) is 4.99. The van der Waals surface area contributed by atoms with Crippen LogP contribution in [0.1, 0.15) is 5.69 Å². The van der Waals surface area contributed by atoms with Crippen LogP contribution in [0.25, 0.3) is 0 Å². The summed E-state index contributed by atoms with van der Waals surface area (Å²) in [7, 11) is 3.81. The summed E-state index contributed by atoms with van der Waals surface area (Å²) in [5, 5.41) is 5.04. The van der Waals surface area contributed by atoms with Crippen molar-refractivity contribution in [1.29, 1.82) is 0 Å². The highest BCUT2D eigenvalue weighted by molar-refractivity contribution is 9.10. The quantitative estimate of drug-likeness (QED) is 0.939. The van der Waals surface area contributed by atoms with E-state index in [0.29, 0.717) is 0 Å². The van der Waals surface area contributed by atoms with Crippen LogP contribution in [0, 0.1) is 0 Å². The van der Waals surface area contributed by atoms with E-state index < -0.39 is 0 Å². The van der Waals surface area contributed by atoms with Gasteiger partial charge in [-0.1, -0.05) is 0 Å². The molecular formula is C10H12BrN5S. The molecule has 5 nitrogen and oxygen atoms in total. The second-order valence-corrected chi connectivity index (χ2v) is 4.96. The zero-order valence-electron chi connectivity index (χ0n) is 9.51. The van der Waals surface area contributed by atoms with E-state index in [1.807, 2.05) is 29.9 Å². The number of hydrogen-bond acceptors (Lipinski definition) is 6. The largest absolute Gasteiger partial charge is 0.372 e. The van der Waals surface area contributed by atoms with Crippen molar-refractivity contribution >= 4 is 38.9 Å². The number of nitrogens with one attached hydrogen (secondary N) is 1. The number of nitrogens with zero attached hydrogens (tertiary/aromatic N) is 4. The van der Waals surface area contributed by atoms with Gasteiger partial charge in [0.15, 0.2) is 0 Å². The first-order valence-corrected chi connectivity index (χ1v) is 6.72. The van der Waals surface area contributed by atoms with E-state index in [2.05, 4.69) is 36.2 Å². The molecule has 0 unspecified atom stereocenters. The Bertz CT molecular complexity index is 487. The third-order valence-electron chi connectivity index (χ3n) is 2.25. The molecule has 0 aromatic carbocycles. The number of halogens is 1. The lowest BCUT2D eigenvalue weighted by molar-refractivity contribution is 0.865. The van der Waals surface area contributed by atoms with Crippen molar-refractivity contribution in [2.24, 2.45) is 0 Å². The van der Waals surface area contributed by atoms with Crippen LogP contribution < -0.4 is 10.2 Å². The van der Waals surface area contributed by atoms with Crippen molar-refractivity contribution in [2.75, 3.05) is 24.3 Å². The van der Waals surface area contributed by atoms with Gasteiger partial charge in [0.1, 0.15) is 22.4 Å². The Morgan fingerprint density at radius 1 is 1.41 bits per heavy atom. The minimum atomic E-state index is 0.724. The van der Waals surface area contributed by atoms with E-state index in [0.717, 1.165) is 28.3 Å². The molecule has 0 atom stereocenters. The molecule has 0 aliphatic carbocycles. The minimum Gasteiger partial charge on any atom is -0.372 e. The molecule has 7 heteroatoms. The molecule has 2 aromatic heterocycles. The summed E-state index contributed by atoms with van der Waals surface area (Å²) in [6.07, 6.45) is 1.55. The Hall–Kier alpha value is -1.21. The van der Waals surface area contributed by atoms with Gasteiger partial charge in [-0.25, -0.2) is 15.0 Å². The zero-order valence-corrected chi connectivity index (χ0v) is 11.9. The van der Waals surface area contributed by atoms with Gasteiger partial charge in [-0.15, -0.1) is 11.3 Å². The van der Waals surface area contributed by atoms with Crippen LogP contribution in [0.15, 0.2) is 21.7 Å². The van der Waals surface area contributed by atoms with Crippen molar-refractivity contribution in [2.45, 2.75) is 6.54 Å².